The molecule has 0 spiro atoms. The van der Waals surface area contributed by atoms with E-state index in [2.05, 4.69) is 21.4 Å². The van der Waals surface area contributed by atoms with Crippen LogP contribution >= 0.6 is 0 Å². The van der Waals surface area contributed by atoms with Gasteiger partial charge in [0.25, 0.3) is 0 Å². The van der Waals surface area contributed by atoms with E-state index in [0.717, 1.165) is 5.69 Å². The van der Waals surface area contributed by atoms with Crippen molar-refractivity contribution in [1.29, 1.82) is 0 Å². The fourth-order valence-electron chi connectivity index (χ4n) is 1.17. The SMILES string of the molecule is [N]=Nc1[c]c(N=Nc2ccccc2)ccc1. The molecule has 0 aliphatic carbocycles. The van der Waals surface area contributed by atoms with Crippen molar-refractivity contribution in [2.45, 2.75) is 0 Å². The summed E-state index contributed by atoms with van der Waals surface area (Å²) in [4.78, 5) is 0. The lowest BCUT2D eigenvalue weighted by Crippen LogP contribution is -1.66. The predicted octanol–water partition coefficient (Wildman–Crippen LogP) is 3.79. The molecule has 2 radical (unpaired) electrons. The van der Waals surface area contributed by atoms with E-state index in [1.807, 2.05) is 30.3 Å². The van der Waals surface area contributed by atoms with Crippen molar-refractivity contribution < 1.29 is 0 Å². The van der Waals surface area contributed by atoms with E-state index in [4.69, 9.17) is 5.53 Å². The van der Waals surface area contributed by atoms with Gasteiger partial charge in [-0.2, -0.15) is 5.11 Å². The largest absolute Gasteiger partial charge is 0.151 e. The Morgan fingerprint density at radius 1 is 0.812 bits per heavy atom. The Bertz CT molecular complexity index is 505. The van der Waals surface area contributed by atoms with Gasteiger partial charge in [-0.05, 0) is 29.8 Å². The van der Waals surface area contributed by atoms with Gasteiger partial charge in [0.2, 0.25) is 0 Å². The minimum atomic E-state index is 0.338. The maximum absolute atomic E-state index is 8.57. The summed E-state index contributed by atoms with van der Waals surface area (Å²) in [6.07, 6.45) is 0. The molecule has 0 saturated heterocycles. The van der Waals surface area contributed by atoms with Crippen LogP contribution in [-0.4, -0.2) is 0 Å². The van der Waals surface area contributed by atoms with Crippen molar-refractivity contribution in [3.63, 3.8) is 0 Å². The number of nitrogens with zero attached hydrogens (tertiary/aromatic N) is 4. The van der Waals surface area contributed by atoms with Gasteiger partial charge >= 0.3 is 0 Å². The quantitative estimate of drug-likeness (QED) is 0.689. The summed E-state index contributed by atoms with van der Waals surface area (Å²) in [5.74, 6) is 0. The summed E-state index contributed by atoms with van der Waals surface area (Å²) < 4.78 is 0. The van der Waals surface area contributed by atoms with Gasteiger partial charge in [-0.15, -0.1) is 10.2 Å². The lowest BCUT2D eigenvalue weighted by Gasteiger charge is -1.93. The van der Waals surface area contributed by atoms with E-state index in [9.17, 15) is 0 Å². The van der Waals surface area contributed by atoms with E-state index in [1.54, 1.807) is 18.2 Å². The zero-order valence-electron chi connectivity index (χ0n) is 8.41. The Labute approximate surface area is 93.2 Å². The molecule has 0 N–H and O–H groups in total. The van der Waals surface area contributed by atoms with Crippen LogP contribution in [0.4, 0.5) is 17.1 Å². The highest BCUT2D eigenvalue weighted by atomic mass is 15.1. The van der Waals surface area contributed by atoms with Gasteiger partial charge in [-0.25, -0.2) is 0 Å². The average molecular weight is 208 g/mol. The van der Waals surface area contributed by atoms with Crippen molar-refractivity contribution in [2.75, 3.05) is 0 Å². The second-order valence-electron chi connectivity index (χ2n) is 3.06. The molecule has 2 rings (SSSR count). The van der Waals surface area contributed by atoms with Crippen LogP contribution in [0.15, 0.2) is 63.9 Å². The first-order valence-electron chi connectivity index (χ1n) is 4.73. The Balaban J connectivity index is 2.20. The van der Waals surface area contributed by atoms with Gasteiger partial charge in [0.1, 0.15) is 0 Å². The Kier molecular flexibility index (Phi) is 3.13. The van der Waals surface area contributed by atoms with E-state index >= 15 is 0 Å². The predicted molar refractivity (Wildman–Crippen MR) is 60.1 cm³/mol. The highest BCUT2D eigenvalue weighted by molar-refractivity contribution is 5.48. The van der Waals surface area contributed by atoms with Crippen molar-refractivity contribution in [3.05, 3.63) is 54.6 Å². The lowest BCUT2D eigenvalue weighted by atomic mass is 10.3. The molecule has 0 aliphatic heterocycles. The second kappa shape index (κ2) is 4.93. The molecule has 0 atom stereocenters. The van der Waals surface area contributed by atoms with Gasteiger partial charge < -0.3 is 0 Å². The third kappa shape index (κ3) is 2.57. The van der Waals surface area contributed by atoms with Crippen LogP contribution in [0, 0.1) is 6.07 Å². The van der Waals surface area contributed by atoms with Gasteiger partial charge in [0.15, 0.2) is 0 Å². The van der Waals surface area contributed by atoms with Gasteiger partial charge in [0, 0.05) is 6.07 Å². The van der Waals surface area contributed by atoms with E-state index in [0.29, 0.717) is 11.4 Å². The maximum Gasteiger partial charge on any atom is 0.0978 e. The number of azo groups is 1. The molecule has 76 valence electrons. The summed E-state index contributed by atoms with van der Waals surface area (Å²) in [5.41, 5.74) is 10.2. The standard InChI is InChI=1S/C12H8N4/c13-14-11-7-4-8-12(9-11)16-15-10-5-2-1-3-6-10/h1-8H. The van der Waals surface area contributed by atoms with Crippen LogP contribution in [0.1, 0.15) is 0 Å². The van der Waals surface area contributed by atoms with Gasteiger partial charge in [-0.1, -0.05) is 24.3 Å². The zero-order chi connectivity index (χ0) is 11.2. The summed E-state index contributed by atoms with van der Waals surface area (Å²) in [7, 11) is 0. The summed E-state index contributed by atoms with van der Waals surface area (Å²) >= 11 is 0. The van der Waals surface area contributed by atoms with Gasteiger partial charge in [-0.3, -0.25) is 0 Å². The number of hydrogen-bond donors (Lipinski definition) is 0. The lowest BCUT2D eigenvalue weighted by molar-refractivity contribution is 1.22. The number of hydrogen-bond acceptors (Lipinski definition) is 3. The molecule has 16 heavy (non-hydrogen) atoms. The highest BCUT2D eigenvalue weighted by Crippen LogP contribution is 2.21. The molecule has 4 heteroatoms. The number of benzene rings is 2. The summed E-state index contributed by atoms with van der Waals surface area (Å²) in [5, 5.41) is 11.0. The van der Waals surface area contributed by atoms with Crippen LogP contribution in [0.2, 0.25) is 0 Å². The Morgan fingerprint density at radius 3 is 2.31 bits per heavy atom. The normalized spacial score (nSPS) is 10.5. The van der Waals surface area contributed by atoms with E-state index in [1.165, 1.54) is 0 Å². The van der Waals surface area contributed by atoms with E-state index in [-0.39, 0.29) is 0 Å². The molecule has 2 aromatic rings. The molecule has 4 nitrogen and oxygen atoms in total. The topological polar surface area (TPSA) is 59.4 Å². The molecule has 0 bridgehead atoms. The molecule has 0 aliphatic rings. The fraction of sp³-hybridized carbons (Fsp3) is 0. The molecule has 0 amide bonds. The van der Waals surface area contributed by atoms with Gasteiger partial charge in [0.05, 0.1) is 17.1 Å². The van der Waals surface area contributed by atoms with Crippen molar-refractivity contribution >= 4 is 17.1 Å². The monoisotopic (exact) mass is 208 g/mol. The van der Waals surface area contributed by atoms with Crippen LogP contribution < -0.4 is 5.53 Å². The molecule has 0 aromatic heterocycles. The molecule has 2 aromatic carbocycles. The van der Waals surface area contributed by atoms with E-state index < -0.39 is 0 Å². The van der Waals surface area contributed by atoms with Crippen molar-refractivity contribution in [1.82, 2.24) is 5.53 Å². The minimum absolute atomic E-state index is 0.338. The first-order valence-corrected chi connectivity index (χ1v) is 4.73. The van der Waals surface area contributed by atoms with Crippen LogP contribution in [0.25, 0.3) is 0 Å². The molecule has 0 unspecified atom stereocenters. The third-order valence-electron chi connectivity index (χ3n) is 1.90. The third-order valence-corrected chi connectivity index (χ3v) is 1.90. The molecule has 0 heterocycles. The second-order valence-corrected chi connectivity index (χ2v) is 3.06. The Hall–Kier alpha value is -2.36. The Morgan fingerprint density at radius 2 is 1.56 bits per heavy atom. The van der Waals surface area contributed by atoms with Crippen LogP contribution in [0.5, 0.6) is 0 Å². The highest BCUT2D eigenvalue weighted by Gasteiger charge is 1.93. The zero-order valence-corrected chi connectivity index (χ0v) is 8.41. The van der Waals surface area contributed by atoms with Crippen molar-refractivity contribution in [3.8, 4) is 0 Å². The maximum atomic E-state index is 8.57. The number of rotatable bonds is 3. The van der Waals surface area contributed by atoms with Crippen LogP contribution in [0.3, 0.4) is 0 Å². The van der Waals surface area contributed by atoms with Crippen molar-refractivity contribution in [2.24, 2.45) is 15.3 Å². The fourth-order valence-corrected chi connectivity index (χ4v) is 1.17. The molecular weight excluding hydrogens is 200 g/mol. The first kappa shape index (κ1) is 10.2. The first-order chi connectivity index (χ1) is 7.88. The molecule has 0 saturated carbocycles. The summed E-state index contributed by atoms with van der Waals surface area (Å²) in [6.45, 7) is 0. The average Bonchev–Trinajstić information content (AvgIpc) is 2.38. The van der Waals surface area contributed by atoms with Crippen LogP contribution in [-0.2, 0) is 0 Å². The molecular formula is C12H8N4. The molecule has 0 fully saturated rings. The summed E-state index contributed by atoms with van der Waals surface area (Å²) in [6, 6.07) is 17.3. The minimum Gasteiger partial charge on any atom is -0.151 e. The smallest absolute Gasteiger partial charge is 0.0978 e.